The Balaban J connectivity index is 2.07. The molecule has 124 valence electrons. The van der Waals surface area contributed by atoms with E-state index in [1.807, 2.05) is 50.3 Å². The first-order valence-corrected chi connectivity index (χ1v) is 7.89. The van der Waals surface area contributed by atoms with Crippen LogP contribution >= 0.6 is 0 Å². The highest BCUT2D eigenvalue weighted by molar-refractivity contribution is 5.92. The topological polar surface area (TPSA) is 69.0 Å². The van der Waals surface area contributed by atoms with Gasteiger partial charge in [0.15, 0.2) is 0 Å². The van der Waals surface area contributed by atoms with Gasteiger partial charge in [-0.25, -0.2) is 9.48 Å². The van der Waals surface area contributed by atoms with Crippen LogP contribution in [0.5, 0.6) is 0 Å². The second-order valence-electron chi connectivity index (χ2n) is 5.61. The molecular formula is C18H20N4O2. The highest BCUT2D eigenvalue weighted by atomic mass is 16.5. The molecule has 6 nitrogen and oxygen atoms in total. The van der Waals surface area contributed by atoms with Crippen molar-refractivity contribution in [3.05, 3.63) is 59.1 Å². The molecule has 0 aliphatic carbocycles. The molecule has 6 heteroatoms. The first kappa shape index (κ1) is 16.0. The number of nitrogens with zero attached hydrogens (tertiary/aromatic N) is 3. The molecule has 0 fully saturated rings. The average Bonchev–Trinajstić information content (AvgIpc) is 3.02. The number of benzene rings is 1. The number of aromatic nitrogens is 3. The van der Waals surface area contributed by atoms with E-state index in [0.717, 1.165) is 16.8 Å². The molecule has 2 heterocycles. The quantitative estimate of drug-likeness (QED) is 0.875. The molecule has 1 atom stereocenters. The Morgan fingerprint density at radius 2 is 2.12 bits per heavy atom. The van der Waals surface area contributed by atoms with Crippen molar-refractivity contribution in [1.29, 1.82) is 0 Å². The summed E-state index contributed by atoms with van der Waals surface area (Å²) in [7, 11) is 0. The zero-order chi connectivity index (χ0) is 17.1. The summed E-state index contributed by atoms with van der Waals surface area (Å²) < 4.78 is 6.96. The van der Waals surface area contributed by atoms with Crippen molar-refractivity contribution >= 4 is 18.0 Å². The van der Waals surface area contributed by atoms with Crippen LogP contribution in [-0.2, 0) is 9.53 Å². The van der Waals surface area contributed by atoms with Crippen molar-refractivity contribution in [2.75, 3.05) is 11.9 Å². The van der Waals surface area contributed by atoms with Crippen molar-refractivity contribution < 1.29 is 9.53 Å². The van der Waals surface area contributed by atoms with Crippen molar-refractivity contribution in [3.8, 4) is 0 Å². The maximum Gasteiger partial charge on any atom is 0.338 e. The van der Waals surface area contributed by atoms with E-state index in [-0.39, 0.29) is 12.0 Å². The fourth-order valence-corrected chi connectivity index (χ4v) is 2.88. The Kier molecular flexibility index (Phi) is 4.46. The van der Waals surface area contributed by atoms with Crippen LogP contribution in [0.15, 0.2) is 53.5 Å². The maximum absolute atomic E-state index is 12.5. The average molecular weight is 324 g/mol. The number of hydrogen-bond acceptors (Lipinski definition) is 5. The molecule has 0 saturated heterocycles. The molecule has 3 rings (SSSR count). The molecule has 1 aliphatic heterocycles. The highest BCUT2D eigenvalue weighted by Crippen LogP contribution is 2.35. The minimum absolute atomic E-state index is 0.327. The fraction of sp³-hybridized carbons (Fsp3) is 0.278. The molecular weight excluding hydrogens is 304 g/mol. The summed E-state index contributed by atoms with van der Waals surface area (Å²) in [5.74, 6) is 0.279. The molecule has 1 N–H and O–H groups in total. The van der Waals surface area contributed by atoms with Gasteiger partial charge in [0, 0.05) is 5.70 Å². The van der Waals surface area contributed by atoms with Gasteiger partial charge in [0.2, 0.25) is 5.95 Å². The van der Waals surface area contributed by atoms with E-state index in [0.29, 0.717) is 18.1 Å². The number of carbonyl (C=O) groups excluding carboxylic acids is 1. The van der Waals surface area contributed by atoms with E-state index in [1.54, 1.807) is 11.6 Å². The van der Waals surface area contributed by atoms with Crippen LogP contribution in [0.1, 0.15) is 32.4 Å². The van der Waals surface area contributed by atoms with Crippen LogP contribution in [0.3, 0.4) is 0 Å². The lowest BCUT2D eigenvalue weighted by atomic mass is 9.95. The van der Waals surface area contributed by atoms with Gasteiger partial charge in [-0.05, 0) is 31.9 Å². The Bertz CT molecular complexity index is 805. The number of esters is 1. The molecule has 2 aromatic rings. The Labute approximate surface area is 140 Å². The predicted molar refractivity (Wildman–Crippen MR) is 92.1 cm³/mol. The predicted octanol–water partition coefficient (Wildman–Crippen LogP) is 3.19. The monoisotopic (exact) mass is 324 g/mol. The van der Waals surface area contributed by atoms with Crippen molar-refractivity contribution in [2.45, 2.75) is 26.8 Å². The zero-order valence-corrected chi connectivity index (χ0v) is 14.0. The fourth-order valence-electron chi connectivity index (χ4n) is 2.88. The smallest absolute Gasteiger partial charge is 0.338 e. The van der Waals surface area contributed by atoms with Gasteiger partial charge in [-0.3, -0.25) is 0 Å². The number of hydrogen-bond donors (Lipinski definition) is 1. The third-order valence-electron chi connectivity index (χ3n) is 3.91. The number of carbonyl (C=O) groups is 1. The molecule has 0 radical (unpaired) electrons. The van der Waals surface area contributed by atoms with Gasteiger partial charge in [0.05, 0.1) is 12.2 Å². The van der Waals surface area contributed by atoms with Gasteiger partial charge in [0.25, 0.3) is 0 Å². The van der Waals surface area contributed by atoms with Gasteiger partial charge in [-0.15, -0.1) is 0 Å². The van der Waals surface area contributed by atoms with Gasteiger partial charge in [-0.2, -0.15) is 10.1 Å². The first-order chi connectivity index (χ1) is 11.6. The number of ether oxygens (including phenoxy) is 1. The third-order valence-corrected chi connectivity index (χ3v) is 3.91. The molecule has 1 aliphatic rings. The third kappa shape index (κ3) is 2.95. The van der Waals surface area contributed by atoms with Gasteiger partial charge in [0.1, 0.15) is 12.4 Å². The van der Waals surface area contributed by atoms with E-state index in [2.05, 4.69) is 15.4 Å². The number of anilines is 1. The molecule has 1 aromatic carbocycles. The zero-order valence-electron chi connectivity index (χ0n) is 14.0. The molecule has 1 aromatic heterocycles. The lowest BCUT2D eigenvalue weighted by Crippen LogP contribution is -2.29. The van der Waals surface area contributed by atoms with Crippen molar-refractivity contribution in [2.24, 2.45) is 0 Å². The molecule has 24 heavy (non-hydrogen) atoms. The summed E-state index contributed by atoms with van der Waals surface area (Å²) in [6.45, 7) is 5.97. The molecule has 0 amide bonds. The summed E-state index contributed by atoms with van der Waals surface area (Å²) in [4.78, 5) is 16.7. The Morgan fingerprint density at radius 3 is 2.83 bits per heavy atom. The number of fused-ring (bicyclic) bond motifs is 1. The maximum atomic E-state index is 12.5. The number of allylic oxidation sites excluding steroid dienone is 2. The summed E-state index contributed by atoms with van der Waals surface area (Å²) >= 11 is 0. The summed E-state index contributed by atoms with van der Waals surface area (Å²) in [6.07, 6.45) is 3.53. The van der Waals surface area contributed by atoms with E-state index in [1.165, 1.54) is 6.33 Å². The first-order valence-electron chi connectivity index (χ1n) is 7.89. The van der Waals surface area contributed by atoms with Gasteiger partial charge < -0.3 is 10.1 Å². The standard InChI is InChI=1S/C18H20N4O2/c1-4-24-17(23)15-13(3)21-18-19-11-20-22(18)16(15)12(2)10-14-8-6-5-7-9-14/h5-11,16H,4H2,1-3H3,(H,19,20,21). The van der Waals surface area contributed by atoms with Crippen LogP contribution in [-0.4, -0.2) is 27.3 Å². The van der Waals surface area contributed by atoms with E-state index < -0.39 is 0 Å². The second-order valence-corrected chi connectivity index (χ2v) is 5.61. The Hall–Kier alpha value is -2.89. The second kappa shape index (κ2) is 6.70. The minimum Gasteiger partial charge on any atom is -0.463 e. The van der Waals surface area contributed by atoms with Crippen molar-refractivity contribution in [3.63, 3.8) is 0 Å². The minimum atomic E-state index is -0.344. The largest absolute Gasteiger partial charge is 0.463 e. The van der Waals surface area contributed by atoms with Crippen LogP contribution in [0.4, 0.5) is 5.95 Å². The SMILES string of the molecule is CCOC(=O)C1=C(C)Nc2ncnn2C1C(C)=Cc1ccccc1. The van der Waals surface area contributed by atoms with Crippen LogP contribution in [0.2, 0.25) is 0 Å². The summed E-state index contributed by atoms with van der Waals surface area (Å²) in [5.41, 5.74) is 3.34. The molecule has 0 spiro atoms. The Morgan fingerprint density at radius 1 is 1.38 bits per heavy atom. The van der Waals surface area contributed by atoms with E-state index >= 15 is 0 Å². The van der Waals surface area contributed by atoms with Crippen molar-refractivity contribution in [1.82, 2.24) is 14.8 Å². The lowest BCUT2D eigenvalue weighted by molar-refractivity contribution is -0.139. The van der Waals surface area contributed by atoms with E-state index in [4.69, 9.17) is 4.74 Å². The normalized spacial score (nSPS) is 17.3. The molecule has 0 saturated carbocycles. The van der Waals surface area contributed by atoms with E-state index in [9.17, 15) is 4.79 Å². The molecule has 1 unspecified atom stereocenters. The molecule has 0 bridgehead atoms. The van der Waals surface area contributed by atoms with Crippen LogP contribution in [0.25, 0.3) is 6.08 Å². The van der Waals surface area contributed by atoms with Gasteiger partial charge in [-0.1, -0.05) is 36.4 Å². The van der Waals surface area contributed by atoms with Crippen LogP contribution < -0.4 is 5.32 Å². The van der Waals surface area contributed by atoms with Crippen LogP contribution in [0, 0.1) is 0 Å². The summed E-state index contributed by atoms with van der Waals surface area (Å²) in [6, 6.07) is 9.63. The number of rotatable bonds is 4. The number of nitrogens with one attached hydrogen (secondary N) is 1. The summed E-state index contributed by atoms with van der Waals surface area (Å²) in [5, 5.41) is 7.41. The lowest BCUT2D eigenvalue weighted by Gasteiger charge is -2.28. The highest BCUT2D eigenvalue weighted by Gasteiger charge is 2.33. The van der Waals surface area contributed by atoms with Gasteiger partial charge >= 0.3 is 5.97 Å².